The molecule has 2 aromatic rings. The zero-order valence-electron chi connectivity index (χ0n) is 11.3. The number of hydrogen-bond acceptors (Lipinski definition) is 2. The van der Waals surface area contributed by atoms with E-state index in [2.05, 4.69) is 0 Å². The van der Waals surface area contributed by atoms with Gasteiger partial charge in [0.15, 0.2) is 0 Å². The second kappa shape index (κ2) is 6.73. The first kappa shape index (κ1) is 14.8. The summed E-state index contributed by atoms with van der Waals surface area (Å²) in [5, 5.41) is 0.374. The summed E-state index contributed by atoms with van der Waals surface area (Å²) >= 11 is 5.94. The Hall–Kier alpha value is -1.58. The molecule has 106 valence electrons. The van der Waals surface area contributed by atoms with Crippen LogP contribution in [0.3, 0.4) is 0 Å². The minimum Gasteiger partial charge on any atom is -0.489 e. The van der Waals surface area contributed by atoms with E-state index in [0.29, 0.717) is 11.6 Å². The molecule has 0 saturated heterocycles. The maximum Gasteiger partial charge on any atom is 0.124 e. The number of benzene rings is 2. The quantitative estimate of drug-likeness (QED) is 0.906. The van der Waals surface area contributed by atoms with Crippen LogP contribution >= 0.6 is 11.6 Å². The van der Waals surface area contributed by atoms with E-state index in [-0.39, 0.29) is 11.9 Å². The van der Waals surface area contributed by atoms with Gasteiger partial charge in [-0.2, -0.15) is 0 Å². The molecular formula is C16H17ClFNO. The van der Waals surface area contributed by atoms with Gasteiger partial charge in [-0.25, -0.2) is 4.39 Å². The average molecular weight is 294 g/mol. The molecular weight excluding hydrogens is 277 g/mol. The molecule has 0 radical (unpaired) electrons. The van der Waals surface area contributed by atoms with Gasteiger partial charge in [0, 0.05) is 11.6 Å². The van der Waals surface area contributed by atoms with Crippen molar-refractivity contribution in [2.24, 2.45) is 5.73 Å². The van der Waals surface area contributed by atoms with Crippen LogP contribution in [0, 0.1) is 5.82 Å². The molecule has 0 spiro atoms. The molecule has 0 aliphatic heterocycles. The first-order valence-corrected chi connectivity index (χ1v) is 6.83. The van der Waals surface area contributed by atoms with E-state index in [1.165, 1.54) is 17.7 Å². The van der Waals surface area contributed by atoms with Crippen molar-refractivity contribution in [2.45, 2.75) is 26.0 Å². The van der Waals surface area contributed by atoms with Crippen LogP contribution in [-0.4, -0.2) is 6.04 Å². The van der Waals surface area contributed by atoms with E-state index in [0.717, 1.165) is 17.7 Å². The van der Waals surface area contributed by atoms with Crippen LogP contribution < -0.4 is 10.5 Å². The summed E-state index contributed by atoms with van der Waals surface area (Å²) < 4.78 is 18.6. The second-order valence-electron chi connectivity index (χ2n) is 4.85. The highest BCUT2D eigenvalue weighted by molar-refractivity contribution is 6.31. The van der Waals surface area contributed by atoms with Crippen molar-refractivity contribution in [3.63, 3.8) is 0 Å². The average Bonchev–Trinajstić information content (AvgIpc) is 2.39. The highest BCUT2D eigenvalue weighted by Gasteiger charge is 2.04. The Kier molecular flexibility index (Phi) is 4.99. The first-order chi connectivity index (χ1) is 9.54. The number of hydrogen-bond donors (Lipinski definition) is 1. The van der Waals surface area contributed by atoms with Crippen LogP contribution in [0.1, 0.15) is 18.1 Å². The fraction of sp³-hybridized carbons (Fsp3) is 0.250. The zero-order chi connectivity index (χ0) is 14.5. The van der Waals surface area contributed by atoms with Crippen molar-refractivity contribution in [2.75, 3.05) is 0 Å². The Morgan fingerprint density at radius 1 is 1.20 bits per heavy atom. The van der Waals surface area contributed by atoms with Crippen molar-refractivity contribution < 1.29 is 9.13 Å². The van der Waals surface area contributed by atoms with Crippen LogP contribution in [-0.2, 0) is 13.0 Å². The van der Waals surface area contributed by atoms with Gasteiger partial charge in [0.25, 0.3) is 0 Å². The number of halogens is 2. The van der Waals surface area contributed by atoms with E-state index in [9.17, 15) is 4.39 Å². The SMILES string of the molecule is CC(N)Cc1ccc(OCc2ccc(F)cc2Cl)cc1. The Labute approximate surface area is 123 Å². The summed E-state index contributed by atoms with van der Waals surface area (Å²) in [6, 6.07) is 12.2. The van der Waals surface area contributed by atoms with Gasteiger partial charge in [-0.15, -0.1) is 0 Å². The molecule has 0 saturated carbocycles. The molecule has 1 unspecified atom stereocenters. The van der Waals surface area contributed by atoms with Crippen LogP contribution in [0.15, 0.2) is 42.5 Å². The molecule has 4 heteroatoms. The minimum atomic E-state index is -0.348. The molecule has 0 aliphatic rings. The Morgan fingerprint density at radius 3 is 2.50 bits per heavy atom. The highest BCUT2D eigenvalue weighted by Crippen LogP contribution is 2.20. The van der Waals surface area contributed by atoms with Gasteiger partial charge in [0.05, 0.1) is 5.02 Å². The third-order valence-electron chi connectivity index (χ3n) is 2.89. The number of ether oxygens (including phenoxy) is 1. The predicted molar refractivity (Wildman–Crippen MR) is 79.5 cm³/mol. The van der Waals surface area contributed by atoms with Gasteiger partial charge in [-0.1, -0.05) is 29.8 Å². The Balaban J connectivity index is 1.96. The predicted octanol–water partition coefficient (Wildman–Crippen LogP) is 3.95. The molecule has 2 rings (SSSR count). The lowest BCUT2D eigenvalue weighted by Crippen LogP contribution is -2.17. The van der Waals surface area contributed by atoms with Gasteiger partial charge in [0.2, 0.25) is 0 Å². The van der Waals surface area contributed by atoms with E-state index in [4.69, 9.17) is 22.1 Å². The number of rotatable bonds is 5. The third-order valence-corrected chi connectivity index (χ3v) is 3.24. The van der Waals surface area contributed by atoms with Crippen molar-refractivity contribution in [3.8, 4) is 5.75 Å². The van der Waals surface area contributed by atoms with Gasteiger partial charge in [-0.05, 0) is 43.2 Å². The van der Waals surface area contributed by atoms with Crippen molar-refractivity contribution in [3.05, 3.63) is 64.4 Å². The maximum absolute atomic E-state index is 12.9. The molecule has 0 aromatic heterocycles. The zero-order valence-corrected chi connectivity index (χ0v) is 12.0. The third kappa shape index (κ3) is 4.22. The van der Waals surface area contributed by atoms with Crippen LogP contribution in [0.2, 0.25) is 5.02 Å². The normalized spacial score (nSPS) is 12.2. The molecule has 2 N–H and O–H groups in total. The van der Waals surface area contributed by atoms with E-state index in [1.54, 1.807) is 6.07 Å². The molecule has 0 aliphatic carbocycles. The first-order valence-electron chi connectivity index (χ1n) is 6.46. The largest absolute Gasteiger partial charge is 0.489 e. The standard InChI is InChI=1S/C16H17ClFNO/c1-11(19)8-12-2-6-15(7-3-12)20-10-13-4-5-14(18)9-16(13)17/h2-7,9,11H,8,10,19H2,1H3. The topological polar surface area (TPSA) is 35.2 Å². The van der Waals surface area contributed by atoms with Gasteiger partial charge in [0.1, 0.15) is 18.2 Å². The van der Waals surface area contributed by atoms with E-state index < -0.39 is 0 Å². The fourth-order valence-electron chi connectivity index (χ4n) is 1.89. The lowest BCUT2D eigenvalue weighted by Gasteiger charge is -2.09. The molecule has 2 aromatic carbocycles. The van der Waals surface area contributed by atoms with Gasteiger partial charge < -0.3 is 10.5 Å². The van der Waals surface area contributed by atoms with Crippen molar-refractivity contribution in [1.29, 1.82) is 0 Å². The molecule has 0 bridgehead atoms. The second-order valence-corrected chi connectivity index (χ2v) is 5.26. The van der Waals surface area contributed by atoms with Gasteiger partial charge >= 0.3 is 0 Å². The lowest BCUT2D eigenvalue weighted by atomic mass is 10.1. The monoisotopic (exact) mass is 293 g/mol. The summed E-state index contributed by atoms with van der Waals surface area (Å²) in [5.41, 5.74) is 7.68. The molecule has 0 fully saturated rings. The van der Waals surface area contributed by atoms with Crippen molar-refractivity contribution >= 4 is 11.6 Å². The van der Waals surface area contributed by atoms with E-state index in [1.807, 2.05) is 31.2 Å². The molecule has 20 heavy (non-hydrogen) atoms. The van der Waals surface area contributed by atoms with E-state index >= 15 is 0 Å². The maximum atomic E-state index is 12.9. The Morgan fingerprint density at radius 2 is 1.90 bits per heavy atom. The van der Waals surface area contributed by atoms with Gasteiger partial charge in [-0.3, -0.25) is 0 Å². The Bertz CT molecular complexity index is 569. The molecule has 0 heterocycles. The lowest BCUT2D eigenvalue weighted by molar-refractivity contribution is 0.306. The van der Waals surface area contributed by atoms with Crippen LogP contribution in [0.4, 0.5) is 4.39 Å². The summed E-state index contributed by atoms with van der Waals surface area (Å²) in [6.45, 7) is 2.28. The summed E-state index contributed by atoms with van der Waals surface area (Å²) in [7, 11) is 0. The number of nitrogens with two attached hydrogens (primary N) is 1. The molecule has 2 nitrogen and oxygen atoms in total. The summed E-state index contributed by atoms with van der Waals surface area (Å²) in [5.74, 6) is 0.401. The highest BCUT2D eigenvalue weighted by atomic mass is 35.5. The summed E-state index contributed by atoms with van der Waals surface area (Å²) in [4.78, 5) is 0. The van der Waals surface area contributed by atoms with Crippen LogP contribution in [0.25, 0.3) is 0 Å². The fourth-order valence-corrected chi connectivity index (χ4v) is 2.12. The van der Waals surface area contributed by atoms with Crippen LogP contribution in [0.5, 0.6) is 5.75 Å². The summed E-state index contributed by atoms with van der Waals surface area (Å²) in [6.07, 6.45) is 0.837. The van der Waals surface area contributed by atoms with Crippen molar-refractivity contribution in [1.82, 2.24) is 0 Å². The molecule has 0 amide bonds. The minimum absolute atomic E-state index is 0.139. The smallest absolute Gasteiger partial charge is 0.124 e. The molecule has 1 atom stereocenters.